The predicted molar refractivity (Wildman–Crippen MR) is 46.2 cm³/mol. The van der Waals surface area contributed by atoms with Crippen LogP contribution in [0.1, 0.15) is 13.8 Å². The normalized spacial score (nSPS) is 20.8. The summed E-state index contributed by atoms with van der Waals surface area (Å²) in [6.07, 6.45) is -3.56. The van der Waals surface area contributed by atoms with Gasteiger partial charge in [0.05, 0.1) is 25.4 Å². The fourth-order valence-corrected chi connectivity index (χ4v) is 0.810. The van der Waals surface area contributed by atoms with E-state index in [0.717, 1.165) is 0 Å². The third-order valence-corrected chi connectivity index (χ3v) is 1.66. The van der Waals surface area contributed by atoms with Gasteiger partial charge in [0.15, 0.2) is 0 Å². The molecule has 13 heavy (non-hydrogen) atoms. The van der Waals surface area contributed by atoms with Crippen molar-refractivity contribution in [3.63, 3.8) is 0 Å². The van der Waals surface area contributed by atoms with E-state index in [2.05, 4.69) is 0 Å². The topological polar surface area (TPSA) is 90.2 Å². The van der Waals surface area contributed by atoms with Gasteiger partial charge in [-0.2, -0.15) is 0 Å². The van der Waals surface area contributed by atoms with Crippen LogP contribution in [0, 0.1) is 0 Å². The number of hydrogen-bond acceptors (Lipinski definition) is 5. The zero-order valence-electron chi connectivity index (χ0n) is 7.92. The smallest absolute Gasteiger partial charge is 0.108 e. The molecule has 0 aliphatic rings. The zero-order chi connectivity index (χ0) is 10.4. The maximum absolute atomic E-state index is 9.28. The number of rotatable bonds is 6. The maximum Gasteiger partial charge on any atom is 0.108 e. The van der Waals surface area contributed by atoms with Crippen molar-refractivity contribution in [3.8, 4) is 0 Å². The van der Waals surface area contributed by atoms with Crippen molar-refractivity contribution in [2.45, 2.75) is 38.3 Å². The van der Waals surface area contributed by atoms with Crippen molar-refractivity contribution in [1.82, 2.24) is 0 Å². The summed E-state index contributed by atoms with van der Waals surface area (Å²) in [5.74, 6) is 0. The van der Waals surface area contributed by atoms with Gasteiger partial charge in [-0.15, -0.1) is 0 Å². The minimum Gasteiger partial charge on any atom is -0.394 e. The van der Waals surface area contributed by atoms with E-state index in [1.807, 2.05) is 0 Å². The van der Waals surface area contributed by atoms with Crippen LogP contribution >= 0.6 is 0 Å². The van der Waals surface area contributed by atoms with Crippen molar-refractivity contribution < 1.29 is 25.2 Å². The molecule has 0 aliphatic carbocycles. The van der Waals surface area contributed by atoms with Gasteiger partial charge in [0.25, 0.3) is 0 Å². The number of aliphatic hydroxyl groups excluding tert-OH is 4. The summed E-state index contributed by atoms with van der Waals surface area (Å²) in [6, 6.07) is 0. The molecule has 4 N–H and O–H groups in total. The molecular formula is C8H18O5. The molecule has 4 atom stereocenters. The van der Waals surface area contributed by atoms with Crippen molar-refractivity contribution in [2.75, 3.05) is 13.2 Å². The Labute approximate surface area is 77.6 Å². The van der Waals surface area contributed by atoms with Crippen LogP contribution in [0.4, 0.5) is 0 Å². The third kappa shape index (κ3) is 5.17. The van der Waals surface area contributed by atoms with E-state index in [1.54, 1.807) is 13.8 Å². The van der Waals surface area contributed by atoms with E-state index >= 15 is 0 Å². The largest absolute Gasteiger partial charge is 0.394 e. The van der Waals surface area contributed by atoms with E-state index in [1.165, 1.54) is 0 Å². The molecule has 0 radical (unpaired) electrons. The van der Waals surface area contributed by atoms with Gasteiger partial charge in [0.1, 0.15) is 12.2 Å². The first-order valence-electron chi connectivity index (χ1n) is 4.25. The zero-order valence-corrected chi connectivity index (χ0v) is 7.92. The Bertz CT molecular complexity index is 128. The molecule has 0 amide bonds. The highest BCUT2D eigenvalue weighted by Crippen LogP contribution is 2.04. The molecule has 80 valence electrons. The van der Waals surface area contributed by atoms with Crippen molar-refractivity contribution in [3.05, 3.63) is 0 Å². The molecule has 4 unspecified atom stereocenters. The molecule has 0 saturated heterocycles. The van der Waals surface area contributed by atoms with Crippen LogP contribution in [0.25, 0.3) is 0 Å². The van der Waals surface area contributed by atoms with E-state index in [-0.39, 0.29) is 6.61 Å². The van der Waals surface area contributed by atoms with Gasteiger partial charge in [-0.25, -0.2) is 0 Å². The van der Waals surface area contributed by atoms with Crippen LogP contribution in [-0.2, 0) is 4.74 Å². The Kier molecular flexibility index (Phi) is 6.19. The second-order valence-electron chi connectivity index (χ2n) is 3.13. The molecular weight excluding hydrogens is 176 g/mol. The van der Waals surface area contributed by atoms with Crippen molar-refractivity contribution in [1.29, 1.82) is 0 Å². The summed E-state index contributed by atoms with van der Waals surface area (Å²) in [4.78, 5) is 0. The van der Waals surface area contributed by atoms with Gasteiger partial charge in [-0.3, -0.25) is 0 Å². The molecule has 0 aliphatic heterocycles. The Balaban J connectivity index is 3.74. The second-order valence-corrected chi connectivity index (χ2v) is 3.13. The highest BCUT2D eigenvalue weighted by Gasteiger charge is 2.22. The van der Waals surface area contributed by atoms with Gasteiger partial charge >= 0.3 is 0 Å². The first kappa shape index (κ1) is 12.8. The highest BCUT2D eigenvalue weighted by atomic mass is 16.5. The Hall–Kier alpha value is -0.200. The Morgan fingerprint density at radius 2 is 1.69 bits per heavy atom. The standard InChI is InChI=1S/C8H18O5/c1-5(10)4-13-6(2)8(12)7(11)3-9/h5-12H,3-4H2,1-2H3. The summed E-state index contributed by atoms with van der Waals surface area (Å²) >= 11 is 0. The Morgan fingerprint density at radius 1 is 1.15 bits per heavy atom. The summed E-state index contributed by atoms with van der Waals surface area (Å²) < 4.78 is 5.02. The third-order valence-electron chi connectivity index (χ3n) is 1.66. The van der Waals surface area contributed by atoms with Gasteiger partial charge < -0.3 is 25.2 Å². The fourth-order valence-electron chi connectivity index (χ4n) is 0.810. The molecule has 5 heteroatoms. The molecule has 0 aromatic rings. The average molecular weight is 194 g/mol. The van der Waals surface area contributed by atoms with Crippen LogP contribution in [0.5, 0.6) is 0 Å². The minimum atomic E-state index is -1.20. The highest BCUT2D eigenvalue weighted by molar-refractivity contribution is 4.72. The predicted octanol–water partition coefficient (Wildman–Crippen LogP) is -1.51. The average Bonchev–Trinajstić information content (AvgIpc) is 2.11. The molecule has 0 saturated carbocycles. The van der Waals surface area contributed by atoms with Crippen LogP contribution in [0.2, 0.25) is 0 Å². The maximum atomic E-state index is 9.28. The van der Waals surface area contributed by atoms with E-state index in [4.69, 9.17) is 20.1 Å². The number of ether oxygens (including phenoxy) is 1. The number of hydrogen-bond donors (Lipinski definition) is 4. The van der Waals surface area contributed by atoms with Gasteiger partial charge in [0.2, 0.25) is 0 Å². The van der Waals surface area contributed by atoms with Crippen LogP contribution in [0.15, 0.2) is 0 Å². The molecule has 0 rings (SSSR count). The van der Waals surface area contributed by atoms with Crippen molar-refractivity contribution in [2.24, 2.45) is 0 Å². The van der Waals surface area contributed by atoms with E-state index < -0.39 is 31.0 Å². The molecule has 0 aromatic carbocycles. The van der Waals surface area contributed by atoms with Crippen molar-refractivity contribution >= 4 is 0 Å². The lowest BCUT2D eigenvalue weighted by Crippen LogP contribution is -2.40. The summed E-state index contributed by atoms with van der Waals surface area (Å²) in [5, 5.41) is 35.7. The first-order chi connectivity index (χ1) is 5.99. The molecule has 0 aromatic heterocycles. The van der Waals surface area contributed by atoms with Crippen LogP contribution in [0.3, 0.4) is 0 Å². The molecule has 0 heterocycles. The van der Waals surface area contributed by atoms with E-state index in [9.17, 15) is 5.11 Å². The molecule has 0 bridgehead atoms. The Morgan fingerprint density at radius 3 is 2.08 bits per heavy atom. The lowest BCUT2D eigenvalue weighted by molar-refractivity contribution is -0.106. The second kappa shape index (κ2) is 6.28. The van der Waals surface area contributed by atoms with Gasteiger partial charge in [-0.05, 0) is 13.8 Å². The lowest BCUT2D eigenvalue weighted by atomic mass is 10.1. The first-order valence-corrected chi connectivity index (χ1v) is 4.25. The fraction of sp³-hybridized carbons (Fsp3) is 1.00. The van der Waals surface area contributed by atoms with Crippen LogP contribution in [-0.4, -0.2) is 58.1 Å². The molecule has 0 spiro atoms. The number of aliphatic hydroxyl groups is 4. The molecule has 5 nitrogen and oxygen atoms in total. The lowest BCUT2D eigenvalue weighted by Gasteiger charge is -2.23. The van der Waals surface area contributed by atoms with Gasteiger partial charge in [-0.1, -0.05) is 0 Å². The molecule has 0 fully saturated rings. The SMILES string of the molecule is CC(O)COC(C)C(O)C(O)CO. The minimum absolute atomic E-state index is 0.0936. The van der Waals surface area contributed by atoms with Gasteiger partial charge in [0, 0.05) is 0 Å². The van der Waals surface area contributed by atoms with Crippen LogP contribution < -0.4 is 0 Å². The monoisotopic (exact) mass is 194 g/mol. The summed E-state index contributed by atoms with van der Waals surface area (Å²) in [7, 11) is 0. The quantitative estimate of drug-likeness (QED) is 0.412. The summed E-state index contributed by atoms with van der Waals surface area (Å²) in [6.45, 7) is 2.70. The van der Waals surface area contributed by atoms with E-state index in [0.29, 0.717) is 0 Å². The summed E-state index contributed by atoms with van der Waals surface area (Å²) in [5.41, 5.74) is 0.